The van der Waals surface area contributed by atoms with E-state index in [2.05, 4.69) is 36.6 Å². The maximum atomic E-state index is 14.1. The molecule has 0 saturated heterocycles. The zero-order valence-electron chi connectivity index (χ0n) is 29.2. The molecule has 0 fully saturated rings. The Bertz CT molecular complexity index is 1900. The molecule has 0 radical (unpaired) electrons. The van der Waals surface area contributed by atoms with Crippen molar-refractivity contribution in [2.45, 2.75) is 56.3 Å². The molecule has 0 aliphatic rings. The van der Waals surface area contributed by atoms with Gasteiger partial charge < -0.3 is 48.8 Å². The van der Waals surface area contributed by atoms with Crippen LogP contribution in [-0.2, 0) is 38.4 Å². The number of carbonyl (C=O) groups excluding carboxylic acids is 5. The Morgan fingerprint density at radius 1 is 0.698 bits per heavy atom. The predicted octanol–water partition coefficient (Wildman–Crippen LogP) is 1.14. The summed E-state index contributed by atoms with van der Waals surface area (Å²) in [6.07, 6.45) is 2.36. The molecule has 15 nitrogen and oxygen atoms in total. The third-order valence-electron chi connectivity index (χ3n) is 8.45. The van der Waals surface area contributed by atoms with Crippen LogP contribution in [0.5, 0.6) is 0 Å². The van der Waals surface area contributed by atoms with Gasteiger partial charge in [-0.2, -0.15) is 0 Å². The lowest BCUT2D eigenvalue weighted by Gasteiger charge is -2.26. The quantitative estimate of drug-likeness (QED) is 0.0408. The third-order valence-corrected chi connectivity index (χ3v) is 8.71. The van der Waals surface area contributed by atoms with E-state index in [-0.39, 0.29) is 44.6 Å². The highest BCUT2D eigenvalue weighted by atomic mass is 35.5. The normalized spacial score (nSPS) is 13.1. The van der Waals surface area contributed by atoms with Gasteiger partial charge in [0, 0.05) is 55.0 Å². The van der Waals surface area contributed by atoms with E-state index in [0.29, 0.717) is 10.6 Å². The van der Waals surface area contributed by atoms with Crippen molar-refractivity contribution in [1.29, 1.82) is 0 Å². The maximum Gasteiger partial charge on any atom is 0.315 e. The van der Waals surface area contributed by atoms with Gasteiger partial charge >= 0.3 is 6.03 Å². The van der Waals surface area contributed by atoms with E-state index < -0.39 is 53.8 Å². The molecule has 12 N–H and O–H groups in total. The minimum absolute atomic E-state index is 0.0544. The molecule has 4 atom stereocenters. The fraction of sp³-hybridized carbons (Fsp3) is 0.297. The lowest BCUT2D eigenvalue weighted by atomic mass is 10.0. The van der Waals surface area contributed by atoms with E-state index in [4.69, 9.17) is 28.8 Å². The van der Waals surface area contributed by atoms with Crippen LogP contribution >= 0.6 is 11.6 Å². The number of rotatable bonds is 18. The zero-order chi connectivity index (χ0) is 38.3. The molecule has 0 bridgehead atoms. The van der Waals surface area contributed by atoms with Crippen LogP contribution in [0.3, 0.4) is 0 Å². The molecule has 0 unspecified atom stereocenters. The van der Waals surface area contributed by atoms with Crippen LogP contribution in [0.15, 0.2) is 90.1 Å². The molecule has 16 heteroatoms. The lowest BCUT2D eigenvalue weighted by Crippen LogP contribution is -2.59. The number of halogens is 1. The third kappa shape index (κ3) is 12.3. The van der Waals surface area contributed by atoms with Crippen LogP contribution in [0.4, 0.5) is 4.79 Å². The number of nitrogens with one attached hydrogen (secondary N) is 6. The molecule has 4 rings (SSSR count). The van der Waals surface area contributed by atoms with Crippen molar-refractivity contribution < 1.29 is 24.0 Å². The minimum Gasteiger partial charge on any atom is -0.370 e. The monoisotopic (exact) mass is 744 g/mol. The van der Waals surface area contributed by atoms with Gasteiger partial charge in [0.25, 0.3) is 0 Å². The summed E-state index contributed by atoms with van der Waals surface area (Å²) < 4.78 is 0. The van der Waals surface area contributed by atoms with Crippen molar-refractivity contribution in [2.24, 2.45) is 22.2 Å². The summed E-state index contributed by atoms with van der Waals surface area (Å²) in [6, 6.07) is 18.1. The highest BCUT2D eigenvalue weighted by molar-refractivity contribution is 6.30. The van der Waals surface area contributed by atoms with Crippen molar-refractivity contribution in [3.05, 3.63) is 107 Å². The van der Waals surface area contributed by atoms with E-state index in [0.717, 1.165) is 22.0 Å². The minimum atomic E-state index is -1.18. The van der Waals surface area contributed by atoms with Gasteiger partial charge in [0.1, 0.15) is 24.2 Å². The largest absolute Gasteiger partial charge is 0.370 e. The first kappa shape index (κ1) is 39.7. The van der Waals surface area contributed by atoms with Crippen molar-refractivity contribution in [1.82, 2.24) is 31.6 Å². The second-order valence-corrected chi connectivity index (χ2v) is 12.8. The highest BCUT2D eigenvalue weighted by Crippen LogP contribution is 2.19. The average Bonchev–Trinajstić information content (AvgIpc) is 3.55. The van der Waals surface area contributed by atoms with Crippen LogP contribution < -0.4 is 43.8 Å². The van der Waals surface area contributed by atoms with E-state index in [1.54, 1.807) is 54.7 Å². The Kier molecular flexibility index (Phi) is 14.6. The van der Waals surface area contributed by atoms with E-state index in [9.17, 15) is 24.0 Å². The molecule has 3 aromatic carbocycles. The summed E-state index contributed by atoms with van der Waals surface area (Å²) in [5.74, 6) is -2.88. The standard InChI is InChI=1S/C37H45ClN10O5/c1-42-37(53)48-31(19-23-13-15-25(38)16-14-23)35(52)47-30(18-22-8-3-2-4-9-22)34(51)45-28(12-7-17-43-36(40)41)33(50)46-29(32(39)49)20-24-21-44-27-11-6-5-10-26(24)27/h2-6,8-11,13-16,21,28-31,44H,7,12,17-20H2,1H3,(H2,39,49)(H,45,51)(H,46,50)(H,47,52)(H4,40,41,43)(H2,42,48,53)/t28-,29-,30-,31-/m0/s1. The number of urea groups is 1. The number of carbonyl (C=O) groups is 5. The number of amides is 6. The molecular formula is C37H45ClN10O5. The highest BCUT2D eigenvalue weighted by Gasteiger charge is 2.31. The summed E-state index contributed by atoms with van der Waals surface area (Å²) in [5.41, 5.74) is 19.8. The summed E-state index contributed by atoms with van der Waals surface area (Å²) >= 11 is 6.04. The van der Waals surface area contributed by atoms with Crippen molar-refractivity contribution >= 4 is 58.1 Å². The van der Waals surface area contributed by atoms with Crippen LogP contribution in [-0.4, -0.2) is 78.4 Å². The van der Waals surface area contributed by atoms with Gasteiger partial charge in [0.05, 0.1) is 0 Å². The van der Waals surface area contributed by atoms with Crippen molar-refractivity contribution in [3.63, 3.8) is 0 Å². The number of guanidine groups is 1. The zero-order valence-corrected chi connectivity index (χ0v) is 30.0. The molecule has 6 amide bonds. The van der Waals surface area contributed by atoms with Crippen molar-refractivity contribution in [3.8, 4) is 0 Å². The van der Waals surface area contributed by atoms with Gasteiger partial charge in [0.15, 0.2) is 5.96 Å². The molecule has 4 aromatic rings. The number of aromatic amines is 1. The molecule has 0 aliphatic heterocycles. The van der Waals surface area contributed by atoms with E-state index >= 15 is 0 Å². The summed E-state index contributed by atoms with van der Waals surface area (Å²) in [4.78, 5) is 73.8. The lowest BCUT2D eigenvalue weighted by molar-refractivity contribution is -0.133. The van der Waals surface area contributed by atoms with Gasteiger partial charge in [0.2, 0.25) is 23.6 Å². The molecule has 0 aliphatic carbocycles. The van der Waals surface area contributed by atoms with Crippen LogP contribution in [0, 0.1) is 0 Å². The van der Waals surface area contributed by atoms with Gasteiger partial charge in [-0.15, -0.1) is 0 Å². The number of nitrogens with zero attached hydrogens (tertiary/aromatic N) is 1. The second-order valence-electron chi connectivity index (χ2n) is 12.4. The summed E-state index contributed by atoms with van der Waals surface area (Å²) in [6.45, 7) is 0.165. The molecule has 280 valence electrons. The Morgan fingerprint density at radius 2 is 1.26 bits per heavy atom. The first-order chi connectivity index (χ1) is 25.4. The first-order valence-corrected chi connectivity index (χ1v) is 17.4. The fourth-order valence-corrected chi connectivity index (χ4v) is 5.81. The number of aliphatic imine (C=N–C) groups is 1. The molecule has 0 spiro atoms. The van der Waals surface area contributed by atoms with E-state index in [1.807, 2.05) is 30.3 Å². The molecule has 0 saturated carbocycles. The van der Waals surface area contributed by atoms with Gasteiger partial charge in [-0.05, 0) is 47.7 Å². The van der Waals surface area contributed by atoms with Gasteiger partial charge in [-0.1, -0.05) is 72.3 Å². The van der Waals surface area contributed by atoms with Crippen LogP contribution in [0.1, 0.15) is 29.5 Å². The predicted molar refractivity (Wildman–Crippen MR) is 204 cm³/mol. The molecule has 1 aromatic heterocycles. The first-order valence-electron chi connectivity index (χ1n) is 17.0. The number of aromatic nitrogens is 1. The number of H-pyrrole nitrogens is 1. The number of fused-ring (bicyclic) bond motifs is 1. The van der Waals surface area contributed by atoms with Crippen molar-refractivity contribution in [2.75, 3.05) is 13.6 Å². The Morgan fingerprint density at radius 3 is 1.91 bits per heavy atom. The molecular weight excluding hydrogens is 700 g/mol. The SMILES string of the molecule is CNC(=O)N[C@@H](Cc1ccc(Cl)cc1)C(=O)N[C@@H](Cc1ccccc1)C(=O)N[C@@H](CCCN=C(N)N)C(=O)N[C@@H](Cc1c[nH]c2ccccc12)C(N)=O. The summed E-state index contributed by atoms with van der Waals surface area (Å²) in [7, 11) is 1.42. The number of nitrogens with two attached hydrogens (primary N) is 3. The smallest absolute Gasteiger partial charge is 0.315 e. The molecule has 1 heterocycles. The average molecular weight is 745 g/mol. The van der Waals surface area contributed by atoms with E-state index in [1.165, 1.54) is 7.05 Å². The topological polar surface area (TPSA) is 252 Å². The molecule has 53 heavy (non-hydrogen) atoms. The van der Waals surface area contributed by atoms with Gasteiger partial charge in [-0.3, -0.25) is 24.2 Å². The number of para-hydroxylation sites is 1. The Hall–Kier alpha value is -6.09. The Labute approximate surface area is 311 Å². The number of benzene rings is 3. The van der Waals surface area contributed by atoms with Gasteiger partial charge in [-0.25, -0.2) is 4.79 Å². The van der Waals surface area contributed by atoms with Crippen LogP contribution in [0.2, 0.25) is 5.02 Å². The number of hydrogen-bond donors (Lipinski definition) is 9. The maximum absolute atomic E-state index is 14.1. The number of hydrogen-bond acceptors (Lipinski definition) is 6. The Balaban J connectivity index is 1.57. The number of primary amides is 1. The fourth-order valence-electron chi connectivity index (χ4n) is 5.69. The second kappa shape index (κ2) is 19.5. The van der Waals surface area contributed by atoms with Crippen LogP contribution in [0.25, 0.3) is 10.9 Å². The summed E-state index contributed by atoms with van der Waals surface area (Å²) in [5, 5.41) is 14.7.